The minimum absolute atomic E-state index is 0.0374. The number of Topliss-reactive ketones (excluding diaryl/α,β-unsaturated/α-hetero) is 1. The van der Waals surface area contributed by atoms with E-state index in [1.54, 1.807) is 18.2 Å². The van der Waals surface area contributed by atoms with E-state index in [2.05, 4.69) is 20.8 Å². The number of ketones is 1. The zero-order valence-corrected chi connectivity index (χ0v) is 21.4. The molecule has 1 heterocycles. The Morgan fingerprint density at radius 2 is 1.76 bits per heavy atom. The summed E-state index contributed by atoms with van der Waals surface area (Å²) < 4.78 is 5.47. The van der Waals surface area contributed by atoms with E-state index in [-0.39, 0.29) is 16.7 Å². The molecule has 0 bridgehead atoms. The van der Waals surface area contributed by atoms with Crippen LogP contribution in [-0.4, -0.2) is 60.4 Å². The number of carbonyl (C=O) groups is 2. The molecule has 0 spiro atoms. The number of rotatable bonds is 7. The summed E-state index contributed by atoms with van der Waals surface area (Å²) in [4.78, 5) is 29.7. The van der Waals surface area contributed by atoms with Crippen LogP contribution in [0.25, 0.3) is 5.76 Å². The van der Waals surface area contributed by atoms with Gasteiger partial charge < -0.3 is 19.6 Å². The number of amides is 1. The second kappa shape index (κ2) is 10.2. The summed E-state index contributed by atoms with van der Waals surface area (Å²) in [5, 5.41) is 11.6. The molecule has 3 rings (SSSR count). The highest BCUT2D eigenvalue weighted by atomic mass is 35.5. The third-order valence-corrected chi connectivity index (χ3v) is 6.22. The van der Waals surface area contributed by atoms with E-state index in [1.807, 2.05) is 50.2 Å². The Bertz CT molecular complexity index is 1100. The summed E-state index contributed by atoms with van der Waals surface area (Å²) >= 11 is 6.32. The zero-order chi connectivity index (χ0) is 25.2. The molecule has 1 fully saturated rings. The number of hydrogen-bond donors (Lipinski definition) is 1. The highest BCUT2D eigenvalue weighted by Crippen LogP contribution is 2.40. The molecule has 7 heteroatoms. The molecule has 0 aromatic heterocycles. The number of ether oxygens (including phenoxy) is 1. The van der Waals surface area contributed by atoms with Crippen molar-refractivity contribution in [2.75, 3.05) is 33.8 Å². The van der Waals surface area contributed by atoms with Crippen molar-refractivity contribution in [2.24, 2.45) is 0 Å². The molecule has 0 saturated carbocycles. The van der Waals surface area contributed by atoms with Gasteiger partial charge in [0.1, 0.15) is 11.5 Å². The molecular formula is C27H33ClN2O4. The largest absolute Gasteiger partial charge is 0.507 e. The van der Waals surface area contributed by atoms with Crippen LogP contribution in [0.3, 0.4) is 0 Å². The third-order valence-electron chi connectivity index (χ3n) is 5.93. The van der Waals surface area contributed by atoms with Gasteiger partial charge in [0.25, 0.3) is 11.7 Å². The van der Waals surface area contributed by atoms with Crippen molar-refractivity contribution >= 4 is 29.1 Å². The van der Waals surface area contributed by atoms with E-state index < -0.39 is 17.7 Å². The van der Waals surface area contributed by atoms with Gasteiger partial charge in [-0.3, -0.25) is 9.59 Å². The number of halogens is 1. The lowest BCUT2D eigenvalue weighted by molar-refractivity contribution is -0.140. The fourth-order valence-electron chi connectivity index (χ4n) is 4.01. The van der Waals surface area contributed by atoms with Crippen molar-refractivity contribution in [3.63, 3.8) is 0 Å². The summed E-state index contributed by atoms with van der Waals surface area (Å²) in [7, 11) is 3.82. The van der Waals surface area contributed by atoms with Crippen molar-refractivity contribution in [3.8, 4) is 5.75 Å². The van der Waals surface area contributed by atoms with Gasteiger partial charge in [-0.2, -0.15) is 0 Å². The standard InChI is InChI=1S/C27H33ClN2O4/c1-7-34-21-13-10-18(16-20(21)28)24(31)22-23(17-8-11-19(12-9-17)27(2,3)4)30(15-14-29(5)6)26(33)25(22)32/h8-13,16,23,31H,7,14-15H2,1-6H3/b24-22+/t23-/m0/s1. The Morgan fingerprint density at radius 1 is 1.12 bits per heavy atom. The van der Waals surface area contributed by atoms with Crippen LogP contribution in [0.2, 0.25) is 5.02 Å². The van der Waals surface area contributed by atoms with Gasteiger partial charge in [-0.05, 0) is 55.8 Å². The second-order valence-electron chi connectivity index (χ2n) is 9.75. The van der Waals surface area contributed by atoms with Gasteiger partial charge in [0.05, 0.1) is 23.2 Å². The molecule has 1 aliphatic heterocycles. The van der Waals surface area contributed by atoms with E-state index in [4.69, 9.17) is 16.3 Å². The minimum Gasteiger partial charge on any atom is -0.507 e. The molecule has 182 valence electrons. The molecule has 1 atom stereocenters. The predicted octanol–water partition coefficient (Wildman–Crippen LogP) is 5.02. The first-order valence-electron chi connectivity index (χ1n) is 11.4. The Labute approximate surface area is 206 Å². The summed E-state index contributed by atoms with van der Waals surface area (Å²) in [6.45, 7) is 9.61. The molecule has 34 heavy (non-hydrogen) atoms. The molecule has 1 aliphatic rings. The normalized spacial score (nSPS) is 18.1. The van der Waals surface area contributed by atoms with Gasteiger partial charge in [0, 0.05) is 18.7 Å². The fraction of sp³-hybridized carbons (Fsp3) is 0.407. The van der Waals surface area contributed by atoms with E-state index in [0.717, 1.165) is 11.1 Å². The molecule has 0 radical (unpaired) electrons. The van der Waals surface area contributed by atoms with Gasteiger partial charge in [-0.15, -0.1) is 0 Å². The lowest BCUT2D eigenvalue weighted by atomic mass is 9.85. The maximum atomic E-state index is 13.2. The lowest BCUT2D eigenvalue weighted by Crippen LogP contribution is -2.35. The summed E-state index contributed by atoms with van der Waals surface area (Å²) in [5.74, 6) is -1.08. The fourth-order valence-corrected chi connectivity index (χ4v) is 4.24. The SMILES string of the molecule is CCOc1ccc(/C(O)=C2\C(=O)C(=O)N(CCN(C)C)[C@H]2c2ccc(C(C)(C)C)cc2)cc1Cl. The van der Waals surface area contributed by atoms with Crippen LogP contribution in [0.15, 0.2) is 48.0 Å². The third kappa shape index (κ3) is 5.29. The van der Waals surface area contributed by atoms with Gasteiger partial charge in [-0.25, -0.2) is 0 Å². The lowest BCUT2D eigenvalue weighted by Gasteiger charge is -2.27. The molecule has 6 nitrogen and oxygen atoms in total. The van der Waals surface area contributed by atoms with Crippen molar-refractivity contribution in [1.29, 1.82) is 0 Å². The van der Waals surface area contributed by atoms with E-state index in [1.165, 1.54) is 4.90 Å². The van der Waals surface area contributed by atoms with E-state index in [9.17, 15) is 14.7 Å². The van der Waals surface area contributed by atoms with Gasteiger partial charge in [-0.1, -0.05) is 56.6 Å². The van der Waals surface area contributed by atoms with Crippen LogP contribution < -0.4 is 4.74 Å². The maximum Gasteiger partial charge on any atom is 0.295 e. The molecule has 0 unspecified atom stereocenters. The maximum absolute atomic E-state index is 13.2. The van der Waals surface area contributed by atoms with Crippen molar-refractivity contribution in [3.05, 3.63) is 69.8 Å². The van der Waals surface area contributed by atoms with Crippen LogP contribution in [0.5, 0.6) is 5.75 Å². The summed E-state index contributed by atoms with van der Waals surface area (Å²) in [6.07, 6.45) is 0. The van der Waals surface area contributed by atoms with Crippen LogP contribution in [0.1, 0.15) is 50.4 Å². The molecule has 1 saturated heterocycles. The number of nitrogens with zero attached hydrogens (tertiary/aromatic N) is 2. The second-order valence-corrected chi connectivity index (χ2v) is 10.2. The smallest absolute Gasteiger partial charge is 0.295 e. The Balaban J connectivity index is 2.13. The molecule has 1 N–H and O–H groups in total. The first-order chi connectivity index (χ1) is 16.0. The zero-order valence-electron chi connectivity index (χ0n) is 20.7. The van der Waals surface area contributed by atoms with Crippen LogP contribution >= 0.6 is 11.6 Å². The Hall–Kier alpha value is -2.83. The number of hydrogen-bond acceptors (Lipinski definition) is 5. The van der Waals surface area contributed by atoms with Crippen LogP contribution in [-0.2, 0) is 15.0 Å². The van der Waals surface area contributed by atoms with Crippen molar-refractivity contribution in [2.45, 2.75) is 39.2 Å². The first kappa shape index (κ1) is 25.8. The van der Waals surface area contributed by atoms with Gasteiger partial charge in [0.2, 0.25) is 0 Å². The molecule has 0 aliphatic carbocycles. The average Bonchev–Trinajstić information content (AvgIpc) is 3.03. The topological polar surface area (TPSA) is 70.1 Å². The highest BCUT2D eigenvalue weighted by Gasteiger charge is 2.46. The summed E-state index contributed by atoms with van der Waals surface area (Å²) in [6, 6.07) is 12.0. The number of benzene rings is 2. The van der Waals surface area contributed by atoms with Crippen molar-refractivity contribution in [1.82, 2.24) is 9.80 Å². The van der Waals surface area contributed by atoms with Gasteiger partial charge >= 0.3 is 0 Å². The first-order valence-corrected chi connectivity index (χ1v) is 11.8. The van der Waals surface area contributed by atoms with Gasteiger partial charge in [0.15, 0.2) is 0 Å². The summed E-state index contributed by atoms with van der Waals surface area (Å²) in [5.41, 5.74) is 2.29. The quantitative estimate of drug-likeness (QED) is 0.339. The highest BCUT2D eigenvalue weighted by molar-refractivity contribution is 6.46. The van der Waals surface area contributed by atoms with Crippen LogP contribution in [0.4, 0.5) is 0 Å². The van der Waals surface area contributed by atoms with Crippen molar-refractivity contribution < 1.29 is 19.4 Å². The molecule has 2 aromatic rings. The molecule has 1 amide bonds. The number of likely N-dealkylation sites (N-methyl/N-ethyl adjacent to an activating group) is 1. The molecule has 2 aromatic carbocycles. The van der Waals surface area contributed by atoms with E-state index in [0.29, 0.717) is 36.0 Å². The minimum atomic E-state index is -0.703. The average molecular weight is 485 g/mol. The van der Waals surface area contributed by atoms with E-state index >= 15 is 0 Å². The number of carbonyl (C=O) groups excluding carboxylic acids is 2. The predicted molar refractivity (Wildman–Crippen MR) is 135 cm³/mol. The number of likely N-dealkylation sites (tertiary alicyclic amines) is 1. The number of aliphatic hydroxyl groups excluding tert-OH is 1. The van der Waals surface area contributed by atoms with Crippen LogP contribution in [0, 0.1) is 0 Å². The molecular weight excluding hydrogens is 452 g/mol. The Morgan fingerprint density at radius 3 is 2.29 bits per heavy atom. The monoisotopic (exact) mass is 484 g/mol. The number of aliphatic hydroxyl groups is 1. The Kier molecular flexibility index (Phi) is 7.74.